The van der Waals surface area contributed by atoms with E-state index in [9.17, 15) is 4.79 Å². The van der Waals surface area contributed by atoms with Crippen LogP contribution in [0, 0.1) is 0 Å². The third kappa shape index (κ3) is 5.56. The van der Waals surface area contributed by atoms with Gasteiger partial charge in [0.25, 0.3) is 0 Å². The highest BCUT2D eigenvalue weighted by Crippen LogP contribution is 2.36. The first-order valence-corrected chi connectivity index (χ1v) is 11.6. The van der Waals surface area contributed by atoms with Crippen LogP contribution in [0.1, 0.15) is 22.2 Å². The maximum Gasteiger partial charge on any atom is 0.242 e. The molecule has 8 heteroatoms. The lowest BCUT2D eigenvalue weighted by molar-refractivity contribution is -0.115. The quantitative estimate of drug-likeness (QED) is 0.337. The normalized spacial score (nSPS) is 11.7. The number of rotatable bonds is 8. The van der Waals surface area contributed by atoms with Gasteiger partial charge in [0.1, 0.15) is 16.8 Å². The number of halogens is 1. The Labute approximate surface area is 202 Å². The number of amides is 1. The van der Waals surface area contributed by atoms with Crippen LogP contribution in [-0.4, -0.2) is 27.8 Å². The number of methoxy groups -OCH3 is 1. The molecule has 3 aromatic carbocycles. The van der Waals surface area contributed by atoms with Crippen molar-refractivity contribution in [3.63, 3.8) is 0 Å². The van der Waals surface area contributed by atoms with Gasteiger partial charge in [0.2, 0.25) is 5.91 Å². The molecule has 33 heavy (non-hydrogen) atoms. The summed E-state index contributed by atoms with van der Waals surface area (Å²) in [7, 11) is 3.47. The molecule has 0 fully saturated rings. The van der Waals surface area contributed by atoms with Gasteiger partial charge in [-0.25, -0.2) is 0 Å². The summed E-state index contributed by atoms with van der Waals surface area (Å²) in [5.41, 5.74) is 2.61. The average Bonchev–Trinajstić information content (AvgIpc) is 3.17. The molecule has 1 atom stereocenters. The van der Waals surface area contributed by atoms with Crippen molar-refractivity contribution in [1.29, 1.82) is 0 Å². The molecule has 1 N–H and O–H groups in total. The topological polar surface area (TPSA) is 69.0 Å². The Balaban J connectivity index is 1.57. The molecule has 0 saturated heterocycles. The fraction of sp³-hybridized carbons (Fsp3) is 0.160. The molecule has 0 bridgehead atoms. The summed E-state index contributed by atoms with van der Waals surface area (Å²) in [6.07, 6.45) is 0.664. The van der Waals surface area contributed by atoms with Crippen molar-refractivity contribution in [1.82, 2.24) is 14.8 Å². The molecule has 6 nitrogen and oxygen atoms in total. The zero-order valence-corrected chi connectivity index (χ0v) is 19.8. The fourth-order valence-corrected chi connectivity index (χ4v) is 4.62. The summed E-state index contributed by atoms with van der Waals surface area (Å²) >= 11 is 7.58. The molecule has 0 unspecified atom stereocenters. The summed E-state index contributed by atoms with van der Waals surface area (Å²) in [6.45, 7) is 0. The lowest BCUT2D eigenvalue weighted by atomic mass is 10.1. The number of carbonyl (C=O) groups is 1. The molecule has 4 aromatic rings. The largest absolute Gasteiger partial charge is 0.495 e. The summed E-state index contributed by atoms with van der Waals surface area (Å²) in [5.74, 6) is 1.20. The zero-order valence-electron chi connectivity index (χ0n) is 18.2. The number of nitrogens with one attached hydrogen (secondary N) is 1. The second kappa shape index (κ2) is 10.6. The number of ether oxygens (including phenoxy) is 1. The van der Waals surface area contributed by atoms with Crippen molar-refractivity contribution in [3.05, 3.63) is 101 Å². The minimum Gasteiger partial charge on any atom is -0.495 e. The van der Waals surface area contributed by atoms with Crippen molar-refractivity contribution in [2.24, 2.45) is 7.05 Å². The number of hydrogen-bond donors (Lipinski definition) is 1. The van der Waals surface area contributed by atoms with Gasteiger partial charge < -0.3 is 14.6 Å². The maximum absolute atomic E-state index is 13.3. The molecule has 1 aromatic heterocycles. The molecule has 0 aliphatic carbocycles. The van der Waals surface area contributed by atoms with Gasteiger partial charge in [-0.1, -0.05) is 84.0 Å². The summed E-state index contributed by atoms with van der Waals surface area (Å²) in [4.78, 5) is 13.3. The highest BCUT2D eigenvalue weighted by atomic mass is 35.5. The Morgan fingerprint density at radius 1 is 1.06 bits per heavy atom. The molecule has 0 aliphatic rings. The van der Waals surface area contributed by atoms with E-state index in [2.05, 4.69) is 27.6 Å². The molecule has 0 aliphatic heterocycles. The second-order valence-electron chi connectivity index (χ2n) is 7.37. The van der Waals surface area contributed by atoms with Crippen LogP contribution < -0.4 is 10.1 Å². The van der Waals surface area contributed by atoms with Gasteiger partial charge in [0, 0.05) is 19.2 Å². The summed E-state index contributed by atoms with van der Waals surface area (Å²) in [5, 5.41) is 12.2. The monoisotopic (exact) mass is 478 g/mol. The first kappa shape index (κ1) is 22.9. The SMILES string of the molecule is COc1ccc(NC(=O)[C@H](Sc2nnc(Cc3ccccc3)n2C)c2ccccc2)cc1Cl. The van der Waals surface area contributed by atoms with Gasteiger partial charge in [-0.3, -0.25) is 4.79 Å². The third-order valence-corrected chi connectivity index (χ3v) is 6.70. The molecule has 0 saturated carbocycles. The minimum atomic E-state index is -0.528. The van der Waals surface area contributed by atoms with Gasteiger partial charge in [0.05, 0.1) is 12.1 Å². The number of thioether (sulfide) groups is 1. The van der Waals surface area contributed by atoms with E-state index in [1.807, 2.05) is 60.1 Å². The van der Waals surface area contributed by atoms with Crippen LogP contribution in [0.25, 0.3) is 0 Å². The highest BCUT2D eigenvalue weighted by molar-refractivity contribution is 8.00. The predicted molar refractivity (Wildman–Crippen MR) is 132 cm³/mol. The maximum atomic E-state index is 13.3. The van der Waals surface area contributed by atoms with Crippen molar-refractivity contribution in [3.8, 4) is 5.75 Å². The number of nitrogens with zero attached hydrogens (tertiary/aromatic N) is 3. The fourth-order valence-electron chi connectivity index (χ4n) is 3.34. The number of hydrogen-bond acceptors (Lipinski definition) is 5. The molecule has 0 radical (unpaired) electrons. The summed E-state index contributed by atoms with van der Waals surface area (Å²) < 4.78 is 7.13. The molecular weight excluding hydrogens is 456 g/mol. The van der Waals surface area contributed by atoms with Gasteiger partial charge in [-0.05, 0) is 29.3 Å². The average molecular weight is 479 g/mol. The lowest BCUT2D eigenvalue weighted by Gasteiger charge is -2.17. The molecule has 168 valence electrons. The third-order valence-electron chi connectivity index (χ3n) is 5.11. The van der Waals surface area contributed by atoms with E-state index in [1.54, 1.807) is 25.3 Å². The van der Waals surface area contributed by atoms with Gasteiger partial charge in [0.15, 0.2) is 5.16 Å². The molecule has 1 amide bonds. The van der Waals surface area contributed by atoms with E-state index in [0.717, 1.165) is 17.0 Å². The van der Waals surface area contributed by atoms with Crippen molar-refractivity contribution in [2.75, 3.05) is 12.4 Å². The van der Waals surface area contributed by atoms with Gasteiger partial charge >= 0.3 is 0 Å². The van der Waals surface area contributed by atoms with Crippen LogP contribution in [0.3, 0.4) is 0 Å². The Morgan fingerprint density at radius 3 is 2.42 bits per heavy atom. The van der Waals surface area contributed by atoms with E-state index < -0.39 is 5.25 Å². The standard InChI is InChI=1S/C25H23ClN4O2S/c1-30-22(15-17-9-5-3-6-10-17)28-29-25(30)33-23(18-11-7-4-8-12-18)24(31)27-19-13-14-21(32-2)20(26)16-19/h3-14,16,23H,15H2,1-2H3,(H,27,31)/t23-/m1/s1. The first-order chi connectivity index (χ1) is 16.0. The van der Waals surface area contributed by atoms with Crippen molar-refractivity contribution < 1.29 is 9.53 Å². The van der Waals surface area contributed by atoms with Crippen LogP contribution in [0.5, 0.6) is 5.75 Å². The number of aromatic nitrogens is 3. The van der Waals surface area contributed by atoms with Crippen LogP contribution in [-0.2, 0) is 18.3 Å². The molecule has 0 spiro atoms. The smallest absolute Gasteiger partial charge is 0.242 e. The first-order valence-electron chi connectivity index (χ1n) is 10.3. The Bertz CT molecular complexity index is 1230. The van der Waals surface area contributed by atoms with Gasteiger partial charge in [-0.15, -0.1) is 10.2 Å². The zero-order chi connectivity index (χ0) is 23.2. The van der Waals surface area contributed by atoms with Crippen LogP contribution in [0.2, 0.25) is 5.02 Å². The number of anilines is 1. The van der Waals surface area contributed by atoms with E-state index >= 15 is 0 Å². The summed E-state index contributed by atoms with van der Waals surface area (Å²) in [6, 6.07) is 24.9. The van der Waals surface area contributed by atoms with Crippen molar-refractivity contribution in [2.45, 2.75) is 16.8 Å². The Morgan fingerprint density at radius 2 is 1.76 bits per heavy atom. The number of benzene rings is 3. The Kier molecular flexibility index (Phi) is 7.32. The van der Waals surface area contributed by atoms with Gasteiger partial charge in [-0.2, -0.15) is 0 Å². The lowest BCUT2D eigenvalue weighted by Crippen LogP contribution is -2.19. The highest BCUT2D eigenvalue weighted by Gasteiger charge is 2.25. The minimum absolute atomic E-state index is 0.181. The van der Waals surface area contributed by atoms with E-state index in [4.69, 9.17) is 16.3 Å². The predicted octanol–water partition coefficient (Wildman–Crippen LogP) is 5.54. The van der Waals surface area contributed by atoms with Crippen LogP contribution in [0.15, 0.2) is 84.0 Å². The molecule has 1 heterocycles. The number of carbonyl (C=O) groups excluding carboxylic acids is 1. The molecular formula is C25H23ClN4O2S. The Hall–Kier alpha value is -3.29. The van der Waals surface area contributed by atoms with E-state index in [-0.39, 0.29) is 5.91 Å². The van der Waals surface area contributed by atoms with Crippen LogP contribution in [0.4, 0.5) is 5.69 Å². The second-order valence-corrected chi connectivity index (χ2v) is 8.85. The molecule has 4 rings (SSSR count). The van der Waals surface area contributed by atoms with E-state index in [0.29, 0.717) is 28.0 Å². The van der Waals surface area contributed by atoms with Crippen LogP contribution >= 0.6 is 23.4 Å². The van der Waals surface area contributed by atoms with Crippen molar-refractivity contribution >= 4 is 35.0 Å². The van der Waals surface area contributed by atoms with E-state index in [1.165, 1.54) is 11.8 Å².